The fourth-order valence-corrected chi connectivity index (χ4v) is 2.67. The fraction of sp³-hybridized carbons (Fsp3) is 0.235. The lowest BCUT2D eigenvalue weighted by Crippen LogP contribution is -2.33. The van der Waals surface area contributed by atoms with E-state index < -0.39 is 5.03 Å². The maximum Gasteiger partial charge on any atom is 0.279 e. The van der Waals surface area contributed by atoms with Crippen LogP contribution in [0.3, 0.4) is 0 Å². The number of pyridine rings is 1. The largest absolute Gasteiger partial charge is 0.390 e. The molecule has 0 radical (unpaired) electrons. The van der Waals surface area contributed by atoms with Gasteiger partial charge in [-0.3, -0.25) is 4.90 Å². The van der Waals surface area contributed by atoms with Gasteiger partial charge in [0.2, 0.25) is 0 Å². The molecule has 140 valence electrons. The van der Waals surface area contributed by atoms with Gasteiger partial charge in [-0.15, -0.1) is 0 Å². The smallest absolute Gasteiger partial charge is 0.279 e. The Morgan fingerprint density at radius 3 is 2.74 bits per heavy atom. The summed E-state index contributed by atoms with van der Waals surface area (Å²) in [7, 11) is 0. The predicted octanol–water partition coefficient (Wildman–Crippen LogP) is 2.56. The SMILES string of the molecule is O=[N+]([O-])N=C1N(C=NOCc2ccccc2)CCN1Cc1ccc(Cl)nc1. The number of hydrogen-bond acceptors (Lipinski definition) is 5. The van der Waals surface area contributed by atoms with E-state index in [1.54, 1.807) is 22.1 Å². The number of rotatable bonds is 7. The van der Waals surface area contributed by atoms with Crippen molar-refractivity contribution in [2.75, 3.05) is 13.1 Å². The Labute approximate surface area is 160 Å². The van der Waals surface area contributed by atoms with Crippen LogP contribution in [-0.2, 0) is 18.0 Å². The molecule has 0 spiro atoms. The molecule has 2 heterocycles. The number of oxime groups is 1. The van der Waals surface area contributed by atoms with Crippen molar-refractivity contribution in [2.24, 2.45) is 10.3 Å². The van der Waals surface area contributed by atoms with Crippen molar-refractivity contribution in [2.45, 2.75) is 13.2 Å². The number of halogens is 1. The van der Waals surface area contributed by atoms with Crippen LogP contribution in [0.4, 0.5) is 0 Å². The lowest BCUT2D eigenvalue weighted by Gasteiger charge is -2.17. The predicted molar refractivity (Wildman–Crippen MR) is 101 cm³/mol. The Morgan fingerprint density at radius 1 is 1.22 bits per heavy atom. The highest BCUT2D eigenvalue weighted by molar-refractivity contribution is 6.29. The van der Waals surface area contributed by atoms with Crippen molar-refractivity contribution in [3.63, 3.8) is 0 Å². The van der Waals surface area contributed by atoms with E-state index in [0.29, 0.717) is 31.4 Å². The Hall–Kier alpha value is -3.20. The first-order valence-corrected chi connectivity index (χ1v) is 8.54. The molecule has 3 rings (SSSR count). The van der Waals surface area contributed by atoms with Gasteiger partial charge in [-0.05, 0) is 17.2 Å². The van der Waals surface area contributed by atoms with Gasteiger partial charge in [0.15, 0.2) is 5.03 Å². The lowest BCUT2D eigenvalue weighted by atomic mass is 10.2. The van der Waals surface area contributed by atoms with Crippen molar-refractivity contribution >= 4 is 23.9 Å². The summed E-state index contributed by atoms with van der Waals surface area (Å²) in [4.78, 5) is 23.6. The first-order chi connectivity index (χ1) is 13.1. The summed E-state index contributed by atoms with van der Waals surface area (Å²) < 4.78 is 0. The van der Waals surface area contributed by atoms with Gasteiger partial charge in [0, 0.05) is 25.8 Å². The molecule has 0 saturated carbocycles. The third kappa shape index (κ3) is 5.38. The van der Waals surface area contributed by atoms with Gasteiger partial charge in [-0.25, -0.2) is 15.1 Å². The zero-order valence-electron chi connectivity index (χ0n) is 14.3. The summed E-state index contributed by atoms with van der Waals surface area (Å²) >= 11 is 5.79. The Kier molecular flexibility index (Phi) is 6.16. The van der Waals surface area contributed by atoms with E-state index in [9.17, 15) is 10.1 Å². The zero-order valence-corrected chi connectivity index (χ0v) is 15.1. The summed E-state index contributed by atoms with van der Waals surface area (Å²) in [6, 6.07) is 13.1. The van der Waals surface area contributed by atoms with Crippen LogP contribution in [0.1, 0.15) is 11.1 Å². The van der Waals surface area contributed by atoms with Crippen LogP contribution < -0.4 is 0 Å². The van der Waals surface area contributed by atoms with Crippen LogP contribution in [0.2, 0.25) is 5.15 Å². The minimum Gasteiger partial charge on any atom is -0.390 e. The molecule has 0 N–H and O–H groups in total. The van der Waals surface area contributed by atoms with Crippen molar-refractivity contribution in [1.82, 2.24) is 14.8 Å². The second kappa shape index (κ2) is 8.95. The molecule has 1 fully saturated rings. The topological polar surface area (TPSA) is 96.5 Å². The van der Waals surface area contributed by atoms with E-state index in [4.69, 9.17) is 16.4 Å². The summed E-state index contributed by atoms with van der Waals surface area (Å²) in [5.41, 5.74) is 1.85. The van der Waals surface area contributed by atoms with Crippen LogP contribution >= 0.6 is 11.6 Å². The third-order valence-electron chi connectivity index (χ3n) is 3.82. The molecule has 1 aliphatic rings. The summed E-state index contributed by atoms with van der Waals surface area (Å²) in [6.07, 6.45) is 3.04. The number of benzene rings is 1. The lowest BCUT2D eigenvalue weighted by molar-refractivity contribution is -0.486. The molecule has 2 aromatic rings. The summed E-state index contributed by atoms with van der Waals surface area (Å²) in [5.74, 6) is 0.196. The molecule has 0 unspecified atom stereocenters. The minimum absolute atomic E-state index is 0.196. The van der Waals surface area contributed by atoms with E-state index in [2.05, 4.69) is 15.2 Å². The van der Waals surface area contributed by atoms with Crippen molar-refractivity contribution < 1.29 is 9.87 Å². The molecular weight excluding hydrogens is 372 g/mol. The second-order valence-electron chi connectivity index (χ2n) is 5.72. The standard InChI is InChI=1S/C17H17ClN6O3/c18-16-7-6-15(10-19-16)11-22-8-9-23(17(22)21-24(25)26)13-20-27-12-14-4-2-1-3-5-14/h1-7,10,13H,8-9,11-12H2. The molecule has 0 atom stereocenters. The average molecular weight is 389 g/mol. The van der Waals surface area contributed by atoms with Gasteiger partial charge in [0.25, 0.3) is 5.96 Å². The van der Waals surface area contributed by atoms with E-state index in [1.165, 1.54) is 6.34 Å². The maximum atomic E-state index is 10.9. The first kappa shape index (κ1) is 18.6. The van der Waals surface area contributed by atoms with E-state index in [-0.39, 0.29) is 5.96 Å². The zero-order chi connectivity index (χ0) is 19.1. The van der Waals surface area contributed by atoms with Gasteiger partial charge in [0.1, 0.15) is 23.2 Å². The number of hydrazone groups is 1. The molecule has 27 heavy (non-hydrogen) atoms. The van der Waals surface area contributed by atoms with Crippen LogP contribution in [0.15, 0.2) is 58.9 Å². The fourth-order valence-electron chi connectivity index (χ4n) is 2.56. The Morgan fingerprint density at radius 2 is 2.04 bits per heavy atom. The second-order valence-corrected chi connectivity index (χ2v) is 6.11. The molecule has 10 heteroatoms. The monoisotopic (exact) mass is 388 g/mol. The highest BCUT2D eigenvalue weighted by Crippen LogP contribution is 2.14. The van der Waals surface area contributed by atoms with E-state index in [0.717, 1.165) is 11.1 Å². The van der Waals surface area contributed by atoms with Gasteiger partial charge in [-0.1, -0.05) is 53.2 Å². The number of nitro groups is 1. The van der Waals surface area contributed by atoms with Gasteiger partial charge in [0.05, 0.1) is 0 Å². The van der Waals surface area contributed by atoms with Crippen molar-refractivity contribution in [3.05, 3.63) is 75.1 Å². The molecule has 1 aromatic carbocycles. The summed E-state index contributed by atoms with van der Waals surface area (Å²) in [5, 5.41) is 18.0. The number of hydrogen-bond donors (Lipinski definition) is 0. The molecule has 1 saturated heterocycles. The number of nitrogens with zero attached hydrogens (tertiary/aromatic N) is 6. The molecule has 9 nitrogen and oxygen atoms in total. The van der Waals surface area contributed by atoms with Crippen LogP contribution in [-0.4, -0.2) is 45.2 Å². The molecular formula is C17H17ClN6O3. The normalized spacial score (nSPS) is 15.7. The van der Waals surface area contributed by atoms with E-state index in [1.807, 2.05) is 36.4 Å². The van der Waals surface area contributed by atoms with E-state index >= 15 is 0 Å². The highest BCUT2D eigenvalue weighted by Gasteiger charge is 2.29. The maximum absolute atomic E-state index is 10.9. The van der Waals surface area contributed by atoms with Gasteiger partial charge < -0.3 is 9.74 Å². The third-order valence-corrected chi connectivity index (χ3v) is 4.04. The first-order valence-electron chi connectivity index (χ1n) is 8.16. The van der Waals surface area contributed by atoms with Gasteiger partial charge in [-0.2, -0.15) is 0 Å². The summed E-state index contributed by atoms with van der Waals surface area (Å²) in [6.45, 7) is 1.80. The van der Waals surface area contributed by atoms with Gasteiger partial charge >= 0.3 is 0 Å². The minimum atomic E-state index is -0.723. The average Bonchev–Trinajstić information content (AvgIpc) is 3.02. The molecule has 0 bridgehead atoms. The van der Waals surface area contributed by atoms with Crippen molar-refractivity contribution in [1.29, 1.82) is 0 Å². The Bertz CT molecular complexity index is 828. The highest BCUT2D eigenvalue weighted by atomic mass is 35.5. The molecule has 1 aromatic heterocycles. The number of aromatic nitrogens is 1. The van der Waals surface area contributed by atoms with Crippen LogP contribution in [0, 0.1) is 10.1 Å². The van der Waals surface area contributed by atoms with Crippen LogP contribution in [0.5, 0.6) is 0 Å². The molecule has 0 amide bonds. The van der Waals surface area contributed by atoms with Crippen molar-refractivity contribution in [3.8, 4) is 0 Å². The molecule has 0 aliphatic carbocycles. The number of guanidine groups is 1. The Balaban J connectivity index is 1.63. The van der Waals surface area contributed by atoms with Crippen LogP contribution in [0.25, 0.3) is 0 Å². The quantitative estimate of drug-likeness (QED) is 0.238. The molecule has 1 aliphatic heterocycles.